The molecule has 1 unspecified atom stereocenters. The van der Waals surface area contributed by atoms with E-state index in [1.54, 1.807) is 6.07 Å². The molecule has 2 aromatic rings. The summed E-state index contributed by atoms with van der Waals surface area (Å²) in [6.07, 6.45) is 0. The van der Waals surface area contributed by atoms with Crippen LogP contribution in [0.4, 0.5) is 15.8 Å². The molecule has 0 aliphatic rings. The maximum atomic E-state index is 14.2. The van der Waals surface area contributed by atoms with Crippen molar-refractivity contribution in [3.63, 3.8) is 0 Å². The second-order valence-corrected chi connectivity index (χ2v) is 4.55. The summed E-state index contributed by atoms with van der Waals surface area (Å²) in [5, 5.41) is 0. The van der Waals surface area contributed by atoms with E-state index in [2.05, 4.69) is 0 Å². The first kappa shape index (κ1) is 13.6. The average Bonchev–Trinajstić information content (AvgIpc) is 2.42. The highest BCUT2D eigenvalue weighted by molar-refractivity contribution is 5.67. The van der Waals surface area contributed by atoms with Crippen LogP contribution in [0.3, 0.4) is 0 Å². The van der Waals surface area contributed by atoms with Gasteiger partial charge in [0, 0.05) is 18.3 Å². The van der Waals surface area contributed by atoms with Crippen LogP contribution in [0.1, 0.15) is 25.5 Å². The van der Waals surface area contributed by atoms with E-state index in [0.717, 1.165) is 11.3 Å². The van der Waals surface area contributed by atoms with Gasteiger partial charge in [-0.2, -0.15) is 0 Å². The first-order valence-electron chi connectivity index (χ1n) is 6.51. The Kier molecular flexibility index (Phi) is 4.17. The largest absolute Gasteiger partial charge is 0.339 e. The maximum absolute atomic E-state index is 14.2. The van der Waals surface area contributed by atoms with Gasteiger partial charge in [-0.3, -0.25) is 0 Å². The second-order valence-electron chi connectivity index (χ2n) is 4.55. The van der Waals surface area contributed by atoms with Gasteiger partial charge in [0.25, 0.3) is 0 Å². The summed E-state index contributed by atoms with van der Waals surface area (Å²) in [6, 6.07) is 14.7. The van der Waals surface area contributed by atoms with Gasteiger partial charge in [0.05, 0.1) is 5.69 Å². The van der Waals surface area contributed by atoms with Gasteiger partial charge >= 0.3 is 0 Å². The van der Waals surface area contributed by atoms with E-state index in [4.69, 9.17) is 5.73 Å². The van der Waals surface area contributed by atoms with Crippen molar-refractivity contribution in [1.82, 2.24) is 0 Å². The molecule has 0 fully saturated rings. The molecule has 0 aliphatic heterocycles. The van der Waals surface area contributed by atoms with Gasteiger partial charge in [0.1, 0.15) is 5.82 Å². The molecule has 2 rings (SSSR count). The number of nitrogens with zero attached hydrogens (tertiary/aromatic N) is 1. The van der Waals surface area contributed by atoms with Crippen molar-refractivity contribution in [3.05, 3.63) is 59.9 Å². The Morgan fingerprint density at radius 1 is 1.11 bits per heavy atom. The van der Waals surface area contributed by atoms with Crippen molar-refractivity contribution < 1.29 is 4.39 Å². The van der Waals surface area contributed by atoms with E-state index in [9.17, 15) is 4.39 Å². The van der Waals surface area contributed by atoms with Crippen molar-refractivity contribution in [2.45, 2.75) is 19.9 Å². The zero-order chi connectivity index (χ0) is 13.8. The number of halogens is 1. The fraction of sp³-hybridized carbons (Fsp3) is 0.250. The first-order chi connectivity index (χ1) is 9.15. The summed E-state index contributed by atoms with van der Waals surface area (Å²) < 4.78 is 14.2. The van der Waals surface area contributed by atoms with Crippen molar-refractivity contribution in [2.75, 3.05) is 11.4 Å². The van der Waals surface area contributed by atoms with Crippen LogP contribution in [0.15, 0.2) is 48.5 Å². The molecule has 1 atom stereocenters. The molecule has 0 aliphatic carbocycles. The zero-order valence-corrected chi connectivity index (χ0v) is 11.3. The molecular weight excluding hydrogens is 239 g/mol. The van der Waals surface area contributed by atoms with Crippen molar-refractivity contribution in [3.8, 4) is 0 Å². The van der Waals surface area contributed by atoms with Crippen LogP contribution in [0.25, 0.3) is 0 Å². The number of hydrogen-bond acceptors (Lipinski definition) is 2. The highest BCUT2D eigenvalue weighted by Crippen LogP contribution is 2.33. The van der Waals surface area contributed by atoms with Gasteiger partial charge in [-0.1, -0.05) is 30.3 Å². The number of hydrogen-bond donors (Lipinski definition) is 1. The Hall–Kier alpha value is -1.87. The van der Waals surface area contributed by atoms with Gasteiger partial charge < -0.3 is 10.6 Å². The smallest absolute Gasteiger partial charge is 0.147 e. The Morgan fingerprint density at radius 2 is 1.79 bits per heavy atom. The van der Waals surface area contributed by atoms with Crippen molar-refractivity contribution in [1.29, 1.82) is 0 Å². The van der Waals surface area contributed by atoms with Gasteiger partial charge in [0.2, 0.25) is 0 Å². The molecule has 0 bridgehead atoms. The second kappa shape index (κ2) is 5.85. The van der Waals surface area contributed by atoms with Crippen molar-refractivity contribution in [2.24, 2.45) is 5.73 Å². The molecule has 3 heteroatoms. The average molecular weight is 258 g/mol. The minimum atomic E-state index is -0.236. The molecule has 2 N–H and O–H groups in total. The summed E-state index contributed by atoms with van der Waals surface area (Å²) in [5.41, 5.74) is 8.33. The number of rotatable bonds is 4. The molecule has 0 amide bonds. The van der Waals surface area contributed by atoms with Gasteiger partial charge in [-0.15, -0.1) is 0 Å². The number of para-hydroxylation sites is 2. The number of nitrogens with two attached hydrogens (primary N) is 1. The molecule has 2 nitrogen and oxygen atoms in total. The number of anilines is 2. The summed E-state index contributed by atoms with van der Waals surface area (Å²) in [5.74, 6) is -0.236. The summed E-state index contributed by atoms with van der Waals surface area (Å²) in [4.78, 5) is 1.95. The molecule has 100 valence electrons. The quantitative estimate of drug-likeness (QED) is 0.898. The molecule has 2 aromatic carbocycles. The third kappa shape index (κ3) is 2.76. The van der Waals surface area contributed by atoms with Crippen LogP contribution in [-0.4, -0.2) is 6.54 Å². The first-order valence-corrected chi connectivity index (χ1v) is 6.51. The highest BCUT2D eigenvalue weighted by atomic mass is 19.1. The van der Waals surface area contributed by atoms with Crippen LogP contribution in [0, 0.1) is 5.82 Å². The van der Waals surface area contributed by atoms with Crippen LogP contribution >= 0.6 is 0 Å². The Labute approximate surface area is 113 Å². The standard InChI is InChI=1S/C16H19FN2/c1-3-19(13-8-5-4-6-9-13)16-14(12(2)18)10-7-11-15(16)17/h4-12H,3,18H2,1-2H3. The van der Waals surface area contributed by atoms with E-state index in [0.29, 0.717) is 12.2 Å². The third-order valence-electron chi connectivity index (χ3n) is 3.16. The lowest BCUT2D eigenvalue weighted by Gasteiger charge is -2.27. The van der Waals surface area contributed by atoms with Gasteiger partial charge in [-0.05, 0) is 37.6 Å². The van der Waals surface area contributed by atoms with Crippen LogP contribution < -0.4 is 10.6 Å². The molecular formula is C16H19FN2. The molecule has 0 saturated heterocycles. The van der Waals surface area contributed by atoms with E-state index in [1.807, 2.05) is 55.1 Å². The van der Waals surface area contributed by atoms with Crippen LogP contribution in [-0.2, 0) is 0 Å². The molecule has 19 heavy (non-hydrogen) atoms. The molecule has 0 heterocycles. The Bertz CT molecular complexity index is 538. The van der Waals surface area contributed by atoms with Crippen molar-refractivity contribution >= 4 is 11.4 Å². The van der Waals surface area contributed by atoms with Gasteiger partial charge in [0.15, 0.2) is 0 Å². The topological polar surface area (TPSA) is 29.3 Å². The van der Waals surface area contributed by atoms with E-state index in [-0.39, 0.29) is 11.9 Å². The predicted octanol–water partition coefficient (Wildman–Crippen LogP) is 4.00. The van der Waals surface area contributed by atoms with Crippen LogP contribution in [0.5, 0.6) is 0 Å². The monoisotopic (exact) mass is 258 g/mol. The highest BCUT2D eigenvalue weighted by Gasteiger charge is 2.18. The lowest BCUT2D eigenvalue weighted by Crippen LogP contribution is -2.21. The lowest BCUT2D eigenvalue weighted by atomic mass is 10.0. The van der Waals surface area contributed by atoms with E-state index in [1.165, 1.54) is 6.07 Å². The van der Waals surface area contributed by atoms with E-state index < -0.39 is 0 Å². The minimum Gasteiger partial charge on any atom is -0.339 e. The normalized spacial score (nSPS) is 12.2. The molecule has 0 saturated carbocycles. The van der Waals surface area contributed by atoms with Gasteiger partial charge in [-0.25, -0.2) is 4.39 Å². The fourth-order valence-electron chi connectivity index (χ4n) is 2.26. The summed E-state index contributed by atoms with van der Waals surface area (Å²) in [7, 11) is 0. The Balaban J connectivity index is 2.55. The minimum absolute atomic E-state index is 0.205. The maximum Gasteiger partial charge on any atom is 0.147 e. The molecule has 0 spiro atoms. The zero-order valence-electron chi connectivity index (χ0n) is 11.3. The Morgan fingerprint density at radius 3 is 2.37 bits per heavy atom. The third-order valence-corrected chi connectivity index (χ3v) is 3.16. The predicted molar refractivity (Wildman–Crippen MR) is 78.1 cm³/mol. The summed E-state index contributed by atoms with van der Waals surface area (Å²) >= 11 is 0. The lowest BCUT2D eigenvalue weighted by molar-refractivity contribution is 0.620. The van der Waals surface area contributed by atoms with Crippen LogP contribution in [0.2, 0.25) is 0 Å². The molecule has 0 radical (unpaired) electrons. The fourth-order valence-corrected chi connectivity index (χ4v) is 2.26. The number of benzene rings is 2. The van der Waals surface area contributed by atoms with E-state index >= 15 is 0 Å². The SMILES string of the molecule is CCN(c1ccccc1)c1c(F)cccc1C(C)N. The molecule has 0 aromatic heterocycles. The summed E-state index contributed by atoms with van der Waals surface area (Å²) in [6.45, 7) is 4.56.